The number of hydrogen-bond donors (Lipinski definition) is 0. The van der Waals surface area contributed by atoms with E-state index in [4.69, 9.17) is 10.00 Å². The van der Waals surface area contributed by atoms with Crippen molar-refractivity contribution >= 4 is 5.82 Å². The van der Waals surface area contributed by atoms with Crippen LogP contribution >= 0.6 is 0 Å². The van der Waals surface area contributed by atoms with Gasteiger partial charge in [0.05, 0.1) is 30.6 Å². The molecule has 0 radical (unpaired) electrons. The van der Waals surface area contributed by atoms with Crippen molar-refractivity contribution in [2.24, 2.45) is 0 Å². The SMILES string of the molecule is Cc1cnc(C)c(N2CCOC(C#N)C2)n1. The number of ether oxygens (including phenoxy) is 1. The highest BCUT2D eigenvalue weighted by Gasteiger charge is 2.22. The van der Waals surface area contributed by atoms with Gasteiger partial charge in [-0.2, -0.15) is 5.26 Å². The Morgan fingerprint density at radius 2 is 2.38 bits per heavy atom. The zero-order chi connectivity index (χ0) is 11.5. The minimum Gasteiger partial charge on any atom is -0.360 e. The van der Waals surface area contributed by atoms with Gasteiger partial charge >= 0.3 is 0 Å². The molecular weight excluding hydrogens is 204 g/mol. The van der Waals surface area contributed by atoms with Crippen molar-refractivity contribution in [2.75, 3.05) is 24.6 Å². The molecule has 1 aliphatic heterocycles. The van der Waals surface area contributed by atoms with E-state index in [0.29, 0.717) is 13.2 Å². The summed E-state index contributed by atoms with van der Waals surface area (Å²) in [5.41, 5.74) is 1.78. The van der Waals surface area contributed by atoms with E-state index in [2.05, 4.69) is 20.9 Å². The predicted molar refractivity (Wildman–Crippen MR) is 59.1 cm³/mol. The van der Waals surface area contributed by atoms with Gasteiger partial charge in [-0.3, -0.25) is 4.98 Å². The second kappa shape index (κ2) is 4.45. The fraction of sp³-hybridized carbons (Fsp3) is 0.545. The van der Waals surface area contributed by atoms with Gasteiger partial charge in [0.2, 0.25) is 0 Å². The first-order valence-electron chi connectivity index (χ1n) is 5.27. The Balaban J connectivity index is 2.23. The number of aryl methyl sites for hydroxylation is 2. The number of rotatable bonds is 1. The molecule has 0 aromatic carbocycles. The van der Waals surface area contributed by atoms with Crippen molar-refractivity contribution in [3.8, 4) is 6.07 Å². The minimum absolute atomic E-state index is 0.365. The maximum atomic E-state index is 8.84. The molecule has 2 heterocycles. The summed E-state index contributed by atoms with van der Waals surface area (Å²) in [5.74, 6) is 0.864. The van der Waals surface area contributed by atoms with E-state index in [1.165, 1.54) is 0 Å². The molecule has 1 unspecified atom stereocenters. The van der Waals surface area contributed by atoms with Crippen LogP contribution in [0.4, 0.5) is 5.82 Å². The molecule has 1 atom stereocenters. The van der Waals surface area contributed by atoms with E-state index in [9.17, 15) is 0 Å². The predicted octanol–water partition coefficient (Wildman–Crippen LogP) is 0.822. The molecule has 1 aliphatic rings. The van der Waals surface area contributed by atoms with Crippen LogP contribution in [-0.4, -0.2) is 35.8 Å². The standard InChI is InChI=1S/C11H14N4O/c1-8-6-13-9(2)11(14-8)15-3-4-16-10(5-12)7-15/h6,10H,3-4,7H2,1-2H3. The van der Waals surface area contributed by atoms with Gasteiger partial charge in [-0.1, -0.05) is 0 Å². The van der Waals surface area contributed by atoms with Gasteiger partial charge in [0.15, 0.2) is 11.9 Å². The smallest absolute Gasteiger partial charge is 0.161 e. The van der Waals surface area contributed by atoms with Gasteiger partial charge in [0.1, 0.15) is 0 Å². The summed E-state index contributed by atoms with van der Waals surface area (Å²) in [6, 6.07) is 2.13. The minimum atomic E-state index is -0.365. The van der Waals surface area contributed by atoms with Crippen LogP contribution in [0.25, 0.3) is 0 Å². The van der Waals surface area contributed by atoms with Gasteiger partial charge in [0, 0.05) is 12.7 Å². The van der Waals surface area contributed by atoms with Crippen LogP contribution in [0.5, 0.6) is 0 Å². The topological polar surface area (TPSA) is 62.0 Å². The molecule has 84 valence electrons. The van der Waals surface area contributed by atoms with Crippen LogP contribution in [0.2, 0.25) is 0 Å². The molecule has 1 aromatic heterocycles. The van der Waals surface area contributed by atoms with Crippen LogP contribution in [0.15, 0.2) is 6.20 Å². The molecule has 0 N–H and O–H groups in total. The first-order valence-corrected chi connectivity index (χ1v) is 5.27. The summed E-state index contributed by atoms with van der Waals surface area (Å²) in [7, 11) is 0. The highest BCUT2D eigenvalue weighted by Crippen LogP contribution is 2.18. The quantitative estimate of drug-likeness (QED) is 0.698. The molecule has 1 saturated heterocycles. The van der Waals surface area contributed by atoms with Crippen molar-refractivity contribution in [1.82, 2.24) is 9.97 Å². The van der Waals surface area contributed by atoms with E-state index in [0.717, 1.165) is 23.8 Å². The van der Waals surface area contributed by atoms with E-state index in [1.807, 2.05) is 13.8 Å². The second-order valence-electron chi connectivity index (χ2n) is 3.85. The lowest BCUT2D eigenvalue weighted by Gasteiger charge is -2.31. The maximum Gasteiger partial charge on any atom is 0.161 e. The highest BCUT2D eigenvalue weighted by molar-refractivity contribution is 5.44. The summed E-state index contributed by atoms with van der Waals surface area (Å²) >= 11 is 0. The lowest BCUT2D eigenvalue weighted by Crippen LogP contribution is -2.42. The van der Waals surface area contributed by atoms with Gasteiger partial charge < -0.3 is 9.64 Å². The summed E-state index contributed by atoms with van der Waals surface area (Å²) in [6.45, 7) is 5.73. The zero-order valence-electron chi connectivity index (χ0n) is 9.47. The zero-order valence-corrected chi connectivity index (χ0v) is 9.47. The Morgan fingerprint density at radius 3 is 3.12 bits per heavy atom. The van der Waals surface area contributed by atoms with Gasteiger partial charge in [0.25, 0.3) is 0 Å². The Bertz CT molecular complexity index is 426. The lowest BCUT2D eigenvalue weighted by molar-refractivity contribution is 0.0760. The normalized spacial score (nSPS) is 20.6. The fourth-order valence-electron chi connectivity index (χ4n) is 1.74. The average Bonchev–Trinajstić information content (AvgIpc) is 2.32. The van der Waals surface area contributed by atoms with Gasteiger partial charge in [-0.05, 0) is 13.8 Å². The molecule has 0 saturated carbocycles. The molecular formula is C11H14N4O. The number of anilines is 1. The van der Waals surface area contributed by atoms with Crippen molar-refractivity contribution in [1.29, 1.82) is 5.26 Å². The monoisotopic (exact) mass is 218 g/mol. The van der Waals surface area contributed by atoms with Crippen molar-refractivity contribution in [3.63, 3.8) is 0 Å². The van der Waals surface area contributed by atoms with Gasteiger partial charge in [-0.15, -0.1) is 0 Å². The third kappa shape index (κ3) is 2.12. The Morgan fingerprint density at radius 1 is 1.56 bits per heavy atom. The molecule has 5 nitrogen and oxygen atoms in total. The van der Waals surface area contributed by atoms with Gasteiger partial charge in [-0.25, -0.2) is 4.98 Å². The second-order valence-corrected chi connectivity index (χ2v) is 3.85. The summed E-state index contributed by atoms with van der Waals surface area (Å²) in [5, 5.41) is 8.84. The molecule has 0 amide bonds. The third-order valence-corrected chi connectivity index (χ3v) is 2.56. The largest absolute Gasteiger partial charge is 0.360 e. The molecule has 0 aliphatic carbocycles. The Kier molecular flexibility index (Phi) is 3.02. The van der Waals surface area contributed by atoms with E-state index < -0.39 is 0 Å². The molecule has 16 heavy (non-hydrogen) atoms. The number of nitrogens with zero attached hydrogens (tertiary/aromatic N) is 4. The summed E-state index contributed by atoms with van der Waals surface area (Å²) < 4.78 is 5.30. The van der Waals surface area contributed by atoms with E-state index in [1.54, 1.807) is 6.20 Å². The number of aromatic nitrogens is 2. The molecule has 5 heteroatoms. The fourth-order valence-corrected chi connectivity index (χ4v) is 1.74. The van der Waals surface area contributed by atoms with Crippen LogP contribution in [0.3, 0.4) is 0 Å². The van der Waals surface area contributed by atoms with Crippen LogP contribution < -0.4 is 4.90 Å². The molecule has 1 fully saturated rings. The number of nitriles is 1. The Hall–Kier alpha value is -1.67. The molecule has 1 aromatic rings. The van der Waals surface area contributed by atoms with Crippen LogP contribution in [0.1, 0.15) is 11.4 Å². The van der Waals surface area contributed by atoms with Crippen molar-refractivity contribution in [2.45, 2.75) is 20.0 Å². The van der Waals surface area contributed by atoms with E-state index in [-0.39, 0.29) is 6.10 Å². The molecule has 0 spiro atoms. The number of hydrogen-bond acceptors (Lipinski definition) is 5. The molecule has 2 rings (SSSR count). The molecule has 0 bridgehead atoms. The third-order valence-electron chi connectivity index (χ3n) is 2.56. The van der Waals surface area contributed by atoms with Crippen LogP contribution in [-0.2, 0) is 4.74 Å². The lowest BCUT2D eigenvalue weighted by atomic mass is 10.2. The van der Waals surface area contributed by atoms with E-state index >= 15 is 0 Å². The average molecular weight is 218 g/mol. The first kappa shape index (κ1) is 10.8. The van der Waals surface area contributed by atoms with Crippen LogP contribution in [0, 0.1) is 25.2 Å². The summed E-state index contributed by atoms with van der Waals surface area (Å²) in [6.07, 6.45) is 1.39. The Labute approximate surface area is 94.7 Å². The summed E-state index contributed by atoms with van der Waals surface area (Å²) in [4.78, 5) is 10.8. The van der Waals surface area contributed by atoms with Crippen molar-refractivity contribution in [3.05, 3.63) is 17.6 Å². The first-order chi connectivity index (χ1) is 7.70. The highest BCUT2D eigenvalue weighted by atomic mass is 16.5. The maximum absolute atomic E-state index is 8.84. The number of morpholine rings is 1. The van der Waals surface area contributed by atoms with Crippen molar-refractivity contribution < 1.29 is 4.74 Å².